The van der Waals surface area contributed by atoms with Gasteiger partial charge in [-0.25, -0.2) is 0 Å². The van der Waals surface area contributed by atoms with E-state index < -0.39 is 11.7 Å². The van der Waals surface area contributed by atoms with Crippen LogP contribution in [-0.4, -0.2) is 0 Å². The largest absolute Gasteiger partial charge is 0.417 e. The van der Waals surface area contributed by atoms with Gasteiger partial charge in [-0.3, -0.25) is 0 Å². The van der Waals surface area contributed by atoms with E-state index in [1.165, 1.54) is 0 Å². The van der Waals surface area contributed by atoms with Gasteiger partial charge in [0.15, 0.2) is 0 Å². The van der Waals surface area contributed by atoms with Crippen LogP contribution < -0.4 is 0 Å². The van der Waals surface area contributed by atoms with Gasteiger partial charge in [0.25, 0.3) is 0 Å². The summed E-state index contributed by atoms with van der Waals surface area (Å²) < 4.78 is 37.7. The highest BCUT2D eigenvalue weighted by molar-refractivity contribution is 6.32. The van der Waals surface area contributed by atoms with Gasteiger partial charge >= 0.3 is 6.18 Å². The molecule has 0 nitrogen and oxygen atoms in total. The van der Waals surface area contributed by atoms with Gasteiger partial charge in [-0.05, 0) is 25.0 Å². The zero-order valence-electron chi connectivity index (χ0n) is 8.58. The molecule has 0 atom stereocenters. The van der Waals surface area contributed by atoms with E-state index in [0.29, 0.717) is 17.5 Å². The summed E-state index contributed by atoms with van der Waals surface area (Å²) in [4.78, 5) is 0. The molecule has 0 bridgehead atoms. The number of rotatable bonds is 2. The molecule has 0 radical (unpaired) electrons. The lowest BCUT2D eigenvalue weighted by atomic mass is 10.0. The van der Waals surface area contributed by atoms with Gasteiger partial charge in [0, 0.05) is 0 Å². The molecule has 0 spiro atoms. The Labute approximate surface area is 92.1 Å². The molecule has 0 unspecified atom stereocenters. The fourth-order valence-electron chi connectivity index (χ4n) is 1.50. The normalized spacial score (nSPS) is 11.9. The molecule has 0 heterocycles. The number of halogens is 4. The third kappa shape index (κ3) is 2.88. The van der Waals surface area contributed by atoms with Crippen molar-refractivity contribution in [2.75, 3.05) is 0 Å². The van der Waals surface area contributed by atoms with Crippen LogP contribution in [0.5, 0.6) is 0 Å². The fraction of sp³-hybridized carbons (Fsp3) is 0.455. The Morgan fingerprint density at radius 1 is 1.27 bits per heavy atom. The zero-order chi connectivity index (χ0) is 11.6. The monoisotopic (exact) mass is 236 g/mol. The van der Waals surface area contributed by atoms with Gasteiger partial charge in [-0.15, -0.1) is 0 Å². The lowest BCUT2D eigenvalue weighted by Crippen LogP contribution is -2.08. The van der Waals surface area contributed by atoms with Gasteiger partial charge < -0.3 is 0 Å². The molecule has 1 aromatic carbocycles. The van der Waals surface area contributed by atoms with Gasteiger partial charge in [-0.2, -0.15) is 13.2 Å². The van der Waals surface area contributed by atoms with Crippen molar-refractivity contribution >= 4 is 11.6 Å². The minimum Gasteiger partial charge on any atom is -0.166 e. The predicted octanol–water partition coefficient (Wildman–Crippen LogP) is 4.62. The van der Waals surface area contributed by atoms with Crippen molar-refractivity contribution in [2.45, 2.75) is 32.9 Å². The van der Waals surface area contributed by atoms with Gasteiger partial charge in [0.2, 0.25) is 0 Å². The average Bonchev–Trinajstić information content (AvgIpc) is 2.09. The highest BCUT2D eigenvalue weighted by Crippen LogP contribution is 2.37. The van der Waals surface area contributed by atoms with Crippen molar-refractivity contribution in [1.82, 2.24) is 0 Å². The van der Waals surface area contributed by atoms with Crippen LogP contribution in [0.4, 0.5) is 13.2 Å². The Bertz CT molecular complexity index is 356. The minimum absolute atomic E-state index is 0.157. The summed E-state index contributed by atoms with van der Waals surface area (Å²) in [6.07, 6.45) is -3.02. The second-order valence-electron chi connectivity index (χ2n) is 3.53. The van der Waals surface area contributed by atoms with E-state index >= 15 is 0 Å². The summed E-state index contributed by atoms with van der Waals surface area (Å²) in [7, 11) is 0. The van der Waals surface area contributed by atoms with E-state index in [9.17, 15) is 13.2 Å². The summed E-state index contributed by atoms with van der Waals surface area (Å²) >= 11 is 5.72. The Hall–Kier alpha value is -0.700. The molecule has 4 heteroatoms. The van der Waals surface area contributed by atoms with Crippen molar-refractivity contribution in [1.29, 1.82) is 0 Å². The Morgan fingerprint density at radius 2 is 1.87 bits per heavy atom. The number of hydrogen-bond donors (Lipinski definition) is 0. The smallest absolute Gasteiger partial charge is 0.166 e. The number of aryl methyl sites for hydroxylation is 2. The summed E-state index contributed by atoms with van der Waals surface area (Å²) in [6, 6.07) is 2.79. The highest BCUT2D eigenvalue weighted by Gasteiger charge is 2.34. The van der Waals surface area contributed by atoms with E-state index in [4.69, 9.17) is 11.6 Å². The van der Waals surface area contributed by atoms with Crippen LogP contribution in [0.1, 0.15) is 30.0 Å². The number of hydrogen-bond acceptors (Lipinski definition) is 0. The topological polar surface area (TPSA) is 0 Å². The molecule has 0 aliphatic heterocycles. The molecule has 0 aliphatic rings. The third-order valence-corrected chi connectivity index (χ3v) is 2.56. The van der Waals surface area contributed by atoms with Crippen LogP contribution in [0.15, 0.2) is 12.1 Å². The van der Waals surface area contributed by atoms with Crippen molar-refractivity contribution in [3.05, 3.63) is 33.8 Å². The first-order valence-electron chi connectivity index (χ1n) is 4.72. The van der Waals surface area contributed by atoms with Crippen LogP contribution in [0.25, 0.3) is 0 Å². The van der Waals surface area contributed by atoms with E-state index in [1.807, 2.05) is 6.92 Å². The summed E-state index contributed by atoms with van der Waals surface area (Å²) in [5.74, 6) is 0. The molecule has 0 saturated carbocycles. The maximum absolute atomic E-state index is 12.6. The second kappa shape index (κ2) is 4.44. The SMILES string of the molecule is CCCc1cc(C)cc(C(F)(F)F)c1Cl. The molecule has 15 heavy (non-hydrogen) atoms. The maximum atomic E-state index is 12.6. The number of alkyl halides is 3. The first-order chi connectivity index (χ1) is 6.86. The standard InChI is InChI=1S/C11H12ClF3/c1-3-4-8-5-7(2)6-9(10(8)12)11(13,14)15/h5-6H,3-4H2,1-2H3. The van der Waals surface area contributed by atoms with Crippen LogP contribution in [-0.2, 0) is 12.6 Å². The van der Waals surface area contributed by atoms with Crippen LogP contribution >= 0.6 is 11.6 Å². The Morgan fingerprint density at radius 3 is 2.33 bits per heavy atom. The molecule has 1 rings (SSSR count). The van der Waals surface area contributed by atoms with E-state index in [2.05, 4.69) is 0 Å². The predicted molar refractivity (Wildman–Crippen MR) is 55.2 cm³/mol. The lowest BCUT2D eigenvalue weighted by molar-refractivity contribution is -0.137. The quantitative estimate of drug-likeness (QED) is 0.703. The molecular formula is C11H12ClF3. The number of benzene rings is 1. The van der Waals surface area contributed by atoms with Gasteiger partial charge in [0.05, 0.1) is 10.6 Å². The summed E-state index contributed by atoms with van der Waals surface area (Å²) in [6.45, 7) is 3.55. The molecule has 0 amide bonds. The first-order valence-corrected chi connectivity index (χ1v) is 5.10. The lowest BCUT2D eigenvalue weighted by Gasteiger charge is -2.13. The molecule has 0 fully saturated rings. The third-order valence-electron chi connectivity index (χ3n) is 2.12. The van der Waals surface area contributed by atoms with Crippen LogP contribution in [0.2, 0.25) is 5.02 Å². The van der Waals surface area contributed by atoms with E-state index in [1.54, 1.807) is 13.0 Å². The fourth-order valence-corrected chi connectivity index (χ4v) is 1.81. The highest BCUT2D eigenvalue weighted by atomic mass is 35.5. The molecule has 0 saturated heterocycles. The average molecular weight is 237 g/mol. The molecule has 0 N–H and O–H groups in total. The van der Waals surface area contributed by atoms with E-state index in [0.717, 1.165) is 12.5 Å². The molecular weight excluding hydrogens is 225 g/mol. The first kappa shape index (κ1) is 12.4. The van der Waals surface area contributed by atoms with E-state index in [-0.39, 0.29) is 5.02 Å². The van der Waals surface area contributed by atoms with Crippen molar-refractivity contribution in [3.63, 3.8) is 0 Å². The van der Waals surface area contributed by atoms with Crippen molar-refractivity contribution in [2.24, 2.45) is 0 Å². The van der Waals surface area contributed by atoms with Gasteiger partial charge in [-0.1, -0.05) is 36.6 Å². The Balaban J connectivity index is 3.28. The molecule has 84 valence electrons. The second-order valence-corrected chi connectivity index (χ2v) is 3.91. The summed E-state index contributed by atoms with van der Waals surface area (Å²) in [5, 5.41) is -0.157. The van der Waals surface area contributed by atoms with Crippen LogP contribution in [0.3, 0.4) is 0 Å². The molecule has 1 aromatic rings. The zero-order valence-corrected chi connectivity index (χ0v) is 9.34. The Kier molecular flexibility index (Phi) is 3.66. The molecule has 0 aliphatic carbocycles. The van der Waals surface area contributed by atoms with Gasteiger partial charge in [0.1, 0.15) is 0 Å². The van der Waals surface area contributed by atoms with Crippen LogP contribution in [0, 0.1) is 6.92 Å². The minimum atomic E-state index is -4.37. The van der Waals surface area contributed by atoms with Crippen molar-refractivity contribution in [3.8, 4) is 0 Å². The van der Waals surface area contributed by atoms with Crippen molar-refractivity contribution < 1.29 is 13.2 Å². The molecule has 0 aromatic heterocycles. The summed E-state index contributed by atoms with van der Waals surface area (Å²) in [5.41, 5.74) is 0.439. The maximum Gasteiger partial charge on any atom is 0.417 e.